The van der Waals surface area contributed by atoms with E-state index in [1.165, 1.54) is 0 Å². The topological polar surface area (TPSA) is 17.1 Å². The Morgan fingerprint density at radius 2 is 1.73 bits per heavy atom. The highest BCUT2D eigenvalue weighted by Gasteiger charge is 2.34. The lowest BCUT2D eigenvalue weighted by atomic mass is 10.1. The minimum absolute atomic E-state index is 0.349. The Hall–Kier alpha value is -0.450. The minimum atomic E-state index is -4.68. The SMILES string of the molecule is O=C(Cl)c1cc(Cl)c(Cl)c(C(F)(F)F)c1. The van der Waals surface area contributed by atoms with Crippen molar-refractivity contribution < 1.29 is 18.0 Å². The average Bonchev–Trinajstić information content (AvgIpc) is 2.06. The van der Waals surface area contributed by atoms with Crippen molar-refractivity contribution in [2.24, 2.45) is 0 Å². The van der Waals surface area contributed by atoms with Crippen molar-refractivity contribution in [3.8, 4) is 0 Å². The van der Waals surface area contributed by atoms with Crippen molar-refractivity contribution in [1.29, 1.82) is 0 Å². The Bertz CT molecular complexity index is 414. The number of hydrogen-bond acceptors (Lipinski definition) is 1. The maximum atomic E-state index is 12.4. The van der Waals surface area contributed by atoms with Gasteiger partial charge in [0.1, 0.15) is 0 Å². The summed E-state index contributed by atoms with van der Waals surface area (Å²) in [7, 11) is 0. The van der Waals surface area contributed by atoms with E-state index in [2.05, 4.69) is 0 Å². The first-order chi connectivity index (χ1) is 6.73. The van der Waals surface area contributed by atoms with Crippen LogP contribution < -0.4 is 0 Å². The number of halogens is 6. The zero-order chi connectivity index (χ0) is 11.8. The maximum absolute atomic E-state index is 12.4. The standard InChI is InChI=1S/C8H2Cl3F3O/c9-5-2-3(7(11)15)1-4(6(5)10)8(12,13)14/h1-2H. The van der Waals surface area contributed by atoms with Crippen molar-refractivity contribution in [1.82, 2.24) is 0 Å². The summed E-state index contributed by atoms with van der Waals surface area (Å²) < 4.78 is 37.1. The number of rotatable bonds is 1. The molecule has 0 aliphatic heterocycles. The first-order valence-electron chi connectivity index (χ1n) is 3.49. The third-order valence-electron chi connectivity index (χ3n) is 1.56. The number of carbonyl (C=O) groups is 1. The maximum Gasteiger partial charge on any atom is 0.417 e. The molecule has 82 valence electrons. The molecular weight excluding hydrogens is 275 g/mol. The molecule has 0 aliphatic rings. The lowest BCUT2D eigenvalue weighted by Crippen LogP contribution is -2.07. The molecule has 0 unspecified atom stereocenters. The van der Waals surface area contributed by atoms with Crippen LogP contribution in [0.1, 0.15) is 15.9 Å². The fourth-order valence-corrected chi connectivity index (χ4v) is 1.45. The highest BCUT2D eigenvalue weighted by Crippen LogP contribution is 2.39. The van der Waals surface area contributed by atoms with Gasteiger partial charge in [0.2, 0.25) is 0 Å². The average molecular weight is 277 g/mol. The minimum Gasteiger partial charge on any atom is -0.276 e. The van der Waals surface area contributed by atoms with Gasteiger partial charge in [-0.05, 0) is 23.7 Å². The molecule has 0 aromatic heterocycles. The van der Waals surface area contributed by atoms with Gasteiger partial charge < -0.3 is 0 Å². The molecule has 0 heterocycles. The Balaban J connectivity index is 3.45. The second kappa shape index (κ2) is 4.20. The van der Waals surface area contributed by atoms with E-state index in [9.17, 15) is 18.0 Å². The lowest BCUT2D eigenvalue weighted by Gasteiger charge is -2.10. The van der Waals surface area contributed by atoms with Gasteiger partial charge in [0.05, 0.1) is 15.6 Å². The van der Waals surface area contributed by atoms with Crippen LogP contribution in [-0.2, 0) is 6.18 Å². The summed E-state index contributed by atoms with van der Waals surface area (Å²) in [6.45, 7) is 0. The van der Waals surface area contributed by atoms with E-state index >= 15 is 0 Å². The second-order valence-electron chi connectivity index (χ2n) is 2.59. The molecule has 1 aromatic carbocycles. The Morgan fingerprint density at radius 1 is 1.20 bits per heavy atom. The molecule has 7 heteroatoms. The van der Waals surface area contributed by atoms with Crippen LogP contribution in [-0.4, -0.2) is 5.24 Å². The van der Waals surface area contributed by atoms with Gasteiger partial charge in [-0.15, -0.1) is 0 Å². The summed E-state index contributed by atoms with van der Waals surface area (Å²) in [6, 6.07) is 1.54. The lowest BCUT2D eigenvalue weighted by molar-refractivity contribution is -0.137. The molecule has 15 heavy (non-hydrogen) atoms. The second-order valence-corrected chi connectivity index (χ2v) is 3.72. The molecule has 1 nitrogen and oxygen atoms in total. The molecule has 0 radical (unpaired) electrons. The number of benzene rings is 1. The number of carbonyl (C=O) groups excluding carboxylic acids is 1. The van der Waals surface area contributed by atoms with Crippen molar-refractivity contribution >= 4 is 40.0 Å². The first-order valence-corrected chi connectivity index (χ1v) is 4.63. The van der Waals surface area contributed by atoms with Crippen LogP contribution >= 0.6 is 34.8 Å². The third kappa shape index (κ3) is 2.77. The number of hydrogen-bond donors (Lipinski definition) is 0. The van der Waals surface area contributed by atoms with E-state index in [4.69, 9.17) is 34.8 Å². The quantitative estimate of drug-likeness (QED) is 0.696. The van der Waals surface area contributed by atoms with Crippen molar-refractivity contribution in [2.45, 2.75) is 6.18 Å². The van der Waals surface area contributed by atoms with Crippen LogP contribution in [0.15, 0.2) is 12.1 Å². The van der Waals surface area contributed by atoms with Gasteiger partial charge in [0.15, 0.2) is 0 Å². The third-order valence-corrected chi connectivity index (χ3v) is 2.58. The zero-order valence-corrected chi connectivity index (χ0v) is 9.10. The molecular formula is C8H2Cl3F3O. The van der Waals surface area contributed by atoms with Gasteiger partial charge >= 0.3 is 6.18 Å². The predicted molar refractivity (Wildman–Crippen MR) is 51.6 cm³/mol. The zero-order valence-electron chi connectivity index (χ0n) is 6.83. The summed E-state index contributed by atoms with van der Waals surface area (Å²) >= 11 is 15.8. The Labute approximate surface area is 97.7 Å². The number of alkyl halides is 3. The van der Waals surface area contributed by atoms with E-state index in [-0.39, 0.29) is 10.6 Å². The largest absolute Gasteiger partial charge is 0.417 e. The molecule has 0 aliphatic carbocycles. The van der Waals surface area contributed by atoms with Crippen molar-refractivity contribution in [2.75, 3.05) is 0 Å². The fourth-order valence-electron chi connectivity index (χ4n) is 0.909. The molecule has 0 bridgehead atoms. The van der Waals surface area contributed by atoms with Gasteiger partial charge in [-0.3, -0.25) is 4.79 Å². The van der Waals surface area contributed by atoms with E-state index in [1.807, 2.05) is 0 Å². The van der Waals surface area contributed by atoms with Gasteiger partial charge in [-0.2, -0.15) is 13.2 Å². The van der Waals surface area contributed by atoms with Crippen LogP contribution in [0, 0.1) is 0 Å². The molecule has 0 N–H and O–H groups in total. The smallest absolute Gasteiger partial charge is 0.276 e. The highest BCUT2D eigenvalue weighted by molar-refractivity contribution is 6.67. The molecule has 1 rings (SSSR count). The molecule has 0 fully saturated rings. The van der Waals surface area contributed by atoms with Crippen LogP contribution in [0.3, 0.4) is 0 Å². The first kappa shape index (κ1) is 12.6. The van der Waals surface area contributed by atoms with Crippen molar-refractivity contribution in [3.63, 3.8) is 0 Å². The van der Waals surface area contributed by atoms with Gasteiger partial charge in [-0.1, -0.05) is 23.2 Å². The van der Waals surface area contributed by atoms with E-state index < -0.39 is 22.0 Å². The molecule has 0 saturated carbocycles. The Kier molecular flexibility index (Phi) is 3.53. The molecule has 0 amide bonds. The van der Waals surface area contributed by atoms with Gasteiger partial charge in [0, 0.05) is 5.56 Å². The summed E-state index contributed by atoms with van der Waals surface area (Å²) in [6.07, 6.45) is -4.68. The van der Waals surface area contributed by atoms with Crippen molar-refractivity contribution in [3.05, 3.63) is 33.3 Å². The van der Waals surface area contributed by atoms with E-state index in [0.717, 1.165) is 6.07 Å². The summed E-state index contributed by atoms with van der Waals surface area (Å²) in [4.78, 5) is 10.7. The van der Waals surface area contributed by atoms with E-state index in [1.54, 1.807) is 0 Å². The monoisotopic (exact) mass is 276 g/mol. The van der Waals surface area contributed by atoms with Crippen LogP contribution in [0.5, 0.6) is 0 Å². The summed E-state index contributed by atoms with van der Waals surface area (Å²) in [5.74, 6) is 0. The fraction of sp³-hybridized carbons (Fsp3) is 0.125. The van der Waals surface area contributed by atoms with Crippen LogP contribution in [0.25, 0.3) is 0 Å². The Morgan fingerprint density at radius 3 is 2.13 bits per heavy atom. The van der Waals surface area contributed by atoms with Crippen LogP contribution in [0.4, 0.5) is 13.2 Å². The normalized spacial score (nSPS) is 11.6. The van der Waals surface area contributed by atoms with Gasteiger partial charge in [-0.25, -0.2) is 0 Å². The predicted octanol–water partition coefficient (Wildman–Crippen LogP) is 4.39. The van der Waals surface area contributed by atoms with Gasteiger partial charge in [0.25, 0.3) is 5.24 Å². The van der Waals surface area contributed by atoms with E-state index in [0.29, 0.717) is 6.07 Å². The summed E-state index contributed by atoms with van der Waals surface area (Å²) in [5.41, 5.74) is -1.53. The summed E-state index contributed by atoms with van der Waals surface area (Å²) in [5, 5.41) is -2.04. The van der Waals surface area contributed by atoms with Crippen LogP contribution in [0.2, 0.25) is 10.0 Å². The molecule has 0 spiro atoms. The highest BCUT2D eigenvalue weighted by atomic mass is 35.5. The molecule has 0 atom stereocenters. The molecule has 0 saturated heterocycles. The molecule has 1 aromatic rings.